The van der Waals surface area contributed by atoms with Gasteiger partial charge >= 0.3 is 6.61 Å². The number of aliphatic hydroxyl groups is 1. The second-order valence-corrected chi connectivity index (χ2v) is 3.21. The quantitative estimate of drug-likeness (QED) is 0.782. The standard InChI is InChI=1S/C12H12F2O2/c1-2-3-7-11(15)9-5-4-6-10(8-9)16-12(13)14/h1,4-6,8,11-12,15H,3,7H2. The van der Waals surface area contributed by atoms with E-state index in [1.165, 1.54) is 12.1 Å². The third kappa shape index (κ3) is 3.87. The summed E-state index contributed by atoms with van der Waals surface area (Å²) in [6.45, 7) is -2.86. The van der Waals surface area contributed by atoms with Crippen molar-refractivity contribution in [3.63, 3.8) is 0 Å². The summed E-state index contributed by atoms with van der Waals surface area (Å²) in [6, 6.07) is 5.97. The van der Waals surface area contributed by atoms with Crippen LogP contribution < -0.4 is 4.74 Å². The number of hydrogen-bond donors (Lipinski definition) is 1. The Hall–Kier alpha value is -1.60. The highest BCUT2D eigenvalue weighted by Gasteiger charge is 2.09. The molecule has 1 aromatic carbocycles. The first kappa shape index (κ1) is 12.5. The van der Waals surface area contributed by atoms with Gasteiger partial charge in [-0.1, -0.05) is 12.1 Å². The van der Waals surface area contributed by atoms with E-state index in [0.717, 1.165) is 0 Å². The third-order valence-corrected chi connectivity index (χ3v) is 2.03. The number of benzene rings is 1. The molecule has 0 aliphatic carbocycles. The molecular weight excluding hydrogens is 214 g/mol. The van der Waals surface area contributed by atoms with Gasteiger partial charge < -0.3 is 9.84 Å². The van der Waals surface area contributed by atoms with Crippen molar-refractivity contribution in [1.29, 1.82) is 0 Å². The molecule has 16 heavy (non-hydrogen) atoms. The van der Waals surface area contributed by atoms with Crippen LogP contribution in [0, 0.1) is 12.3 Å². The molecule has 0 saturated heterocycles. The normalized spacial score (nSPS) is 12.2. The van der Waals surface area contributed by atoms with Gasteiger partial charge in [0.05, 0.1) is 6.10 Å². The van der Waals surface area contributed by atoms with Crippen LogP contribution in [0.3, 0.4) is 0 Å². The summed E-state index contributed by atoms with van der Waals surface area (Å²) in [5, 5.41) is 9.67. The van der Waals surface area contributed by atoms with Crippen molar-refractivity contribution < 1.29 is 18.6 Å². The van der Waals surface area contributed by atoms with Gasteiger partial charge in [0, 0.05) is 6.42 Å². The summed E-state index contributed by atoms with van der Waals surface area (Å²) in [6.07, 6.45) is 5.14. The van der Waals surface area contributed by atoms with Gasteiger partial charge in [-0.15, -0.1) is 12.3 Å². The number of ether oxygens (including phenoxy) is 1. The SMILES string of the molecule is C#CCCC(O)c1cccc(OC(F)F)c1. The number of alkyl halides is 2. The maximum atomic E-state index is 11.9. The summed E-state index contributed by atoms with van der Waals surface area (Å²) in [5.41, 5.74) is 0.522. The molecule has 0 spiro atoms. The molecule has 0 aromatic heterocycles. The van der Waals surface area contributed by atoms with E-state index in [4.69, 9.17) is 6.42 Å². The van der Waals surface area contributed by atoms with E-state index in [9.17, 15) is 13.9 Å². The lowest BCUT2D eigenvalue weighted by molar-refractivity contribution is -0.0499. The molecule has 0 radical (unpaired) electrons. The van der Waals surface area contributed by atoms with Gasteiger partial charge in [0.25, 0.3) is 0 Å². The van der Waals surface area contributed by atoms with Crippen LogP contribution in [0.25, 0.3) is 0 Å². The van der Waals surface area contributed by atoms with E-state index in [0.29, 0.717) is 18.4 Å². The van der Waals surface area contributed by atoms with Gasteiger partial charge in [0.1, 0.15) is 5.75 Å². The number of aliphatic hydroxyl groups excluding tert-OH is 1. The van der Waals surface area contributed by atoms with E-state index in [1.54, 1.807) is 12.1 Å². The highest BCUT2D eigenvalue weighted by Crippen LogP contribution is 2.23. The fraction of sp³-hybridized carbons (Fsp3) is 0.333. The van der Waals surface area contributed by atoms with Gasteiger partial charge in [0.15, 0.2) is 0 Å². The number of halogens is 2. The molecule has 4 heteroatoms. The topological polar surface area (TPSA) is 29.5 Å². The molecule has 1 N–H and O–H groups in total. The molecule has 1 aromatic rings. The maximum Gasteiger partial charge on any atom is 0.387 e. The van der Waals surface area contributed by atoms with Crippen molar-refractivity contribution in [3.05, 3.63) is 29.8 Å². The zero-order valence-electron chi connectivity index (χ0n) is 8.57. The average Bonchev–Trinajstić information content (AvgIpc) is 2.25. The zero-order chi connectivity index (χ0) is 12.0. The van der Waals surface area contributed by atoms with Crippen LogP contribution in [-0.2, 0) is 0 Å². The van der Waals surface area contributed by atoms with Crippen LogP contribution in [0.1, 0.15) is 24.5 Å². The zero-order valence-corrected chi connectivity index (χ0v) is 8.57. The summed E-state index contributed by atoms with van der Waals surface area (Å²) in [4.78, 5) is 0. The third-order valence-electron chi connectivity index (χ3n) is 2.03. The van der Waals surface area contributed by atoms with Crippen LogP contribution in [0.5, 0.6) is 5.75 Å². The van der Waals surface area contributed by atoms with Crippen molar-refractivity contribution >= 4 is 0 Å². The lowest BCUT2D eigenvalue weighted by Crippen LogP contribution is -2.03. The molecule has 0 aliphatic heterocycles. The molecule has 1 rings (SSSR count). The highest BCUT2D eigenvalue weighted by molar-refractivity contribution is 5.29. The first-order valence-corrected chi connectivity index (χ1v) is 4.79. The Morgan fingerprint density at radius 1 is 1.44 bits per heavy atom. The molecule has 86 valence electrons. The van der Waals surface area contributed by atoms with Crippen molar-refractivity contribution in [3.8, 4) is 18.1 Å². The Kier molecular flexibility index (Phi) is 4.74. The van der Waals surface area contributed by atoms with Gasteiger partial charge in [-0.05, 0) is 24.1 Å². The van der Waals surface area contributed by atoms with Gasteiger partial charge in [-0.25, -0.2) is 0 Å². The Morgan fingerprint density at radius 2 is 2.19 bits per heavy atom. The minimum absolute atomic E-state index is 0.0345. The van der Waals surface area contributed by atoms with E-state index in [-0.39, 0.29) is 5.75 Å². The summed E-state index contributed by atoms with van der Waals surface area (Å²) < 4.78 is 28.1. The Balaban J connectivity index is 2.70. The summed E-state index contributed by atoms with van der Waals surface area (Å²) >= 11 is 0. The fourth-order valence-corrected chi connectivity index (χ4v) is 1.28. The lowest BCUT2D eigenvalue weighted by atomic mass is 10.1. The molecule has 0 aliphatic rings. The van der Waals surface area contributed by atoms with E-state index >= 15 is 0 Å². The smallest absolute Gasteiger partial charge is 0.387 e. The minimum Gasteiger partial charge on any atom is -0.435 e. The molecule has 0 heterocycles. The molecule has 2 nitrogen and oxygen atoms in total. The average molecular weight is 226 g/mol. The monoisotopic (exact) mass is 226 g/mol. The van der Waals surface area contributed by atoms with Crippen molar-refractivity contribution in [2.24, 2.45) is 0 Å². The van der Waals surface area contributed by atoms with E-state index < -0.39 is 12.7 Å². The van der Waals surface area contributed by atoms with E-state index in [2.05, 4.69) is 10.7 Å². The number of rotatable bonds is 5. The molecule has 0 bridgehead atoms. The van der Waals surface area contributed by atoms with Gasteiger partial charge in [-0.3, -0.25) is 0 Å². The molecule has 0 fully saturated rings. The number of terminal acetylenes is 1. The Morgan fingerprint density at radius 3 is 2.81 bits per heavy atom. The molecule has 0 saturated carbocycles. The molecule has 1 unspecified atom stereocenters. The second kappa shape index (κ2) is 6.09. The van der Waals surface area contributed by atoms with Gasteiger partial charge in [0.2, 0.25) is 0 Å². The molecular formula is C12H12F2O2. The maximum absolute atomic E-state index is 11.9. The fourth-order valence-electron chi connectivity index (χ4n) is 1.28. The van der Waals surface area contributed by atoms with Crippen LogP contribution in [0.2, 0.25) is 0 Å². The summed E-state index contributed by atoms with van der Waals surface area (Å²) in [7, 11) is 0. The van der Waals surface area contributed by atoms with Crippen LogP contribution in [0.15, 0.2) is 24.3 Å². The van der Waals surface area contributed by atoms with Gasteiger partial charge in [-0.2, -0.15) is 8.78 Å². The molecule has 1 atom stereocenters. The van der Waals surface area contributed by atoms with Crippen molar-refractivity contribution in [1.82, 2.24) is 0 Å². The van der Waals surface area contributed by atoms with Crippen LogP contribution in [-0.4, -0.2) is 11.7 Å². The van der Waals surface area contributed by atoms with Crippen molar-refractivity contribution in [2.45, 2.75) is 25.6 Å². The predicted molar refractivity (Wildman–Crippen MR) is 56.1 cm³/mol. The van der Waals surface area contributed by atoms with Crippen LogP contribution in [0.4, 0.5) is 8.78 Å². The first-order valence-electron chi connectivity index (χ1n) is 4.79. The second-order valence-electron chi connectivity index (χ2n) is 3.21. The highest BCUT2D eigenvalue weighted by atomic mass is 19.3. The Labute approximate surface area is 92.9 Å². The van der Waals surface area contributed by atoms with Crippen LogP contribution >= 0.6 is 0 Å². The molecule has 0 amide bonds. The first-order chi connectivity index (χ1) is 7.63. The van der Waals surface area contributed by atoms with Crippen molar-refractivity contribution in [2.75, 3.05) is 0 Å². The number of hydrogen-bond acceptors (Lipinski definition) is 2. The minimum atomic E-state index is -2.86. The lowest BCUT2D eigenvalue weighted by Gasteiger charge is -2.11. The van der Waals surface area contributed by atoms with E-state index in [1.807, 2.05) is 0 Å². The predicted octanol–water partition coefficient (Wildman–Crippen LogP) is 2.73. The summed E-state index contributed by atoms with van der Waals surface area (Å²) in [5.74, 6) is 2.44. The Bertz CT molecular complexity index is 372. The largest absolute Gasteiger partial charge is 0.435 e.